The molecule has 31 heavy (non-hydrogen) atoms. The maximum atomic E-state index is 11.3. The molecule has 3 N–H and O–H groups in total. The standard InChI is InChI=1S/C23H24N6O2/c1-16(30)26-19-7-4-8-20(14-19)27-23-25-15-21-9-10-22(29(21)28-23)17-5-3-6-18(13-17)24-11-12-31-2/h3-10,13-15,24H,11-12H2,1-2H3,(H,26,30)(H,27,28). The van der Waals surface area contributed by atoms with E-state index in [4.69, 9.17) is 4.74 Å². The van der Waals surface area contributed by atoms with E-state index in [2.05, 4.69) is 38.2 Å². The van der Waals surface area contributed by atoms with Crippen molar-refractivity contribution in [2.24, 2.45) is 0 Å². The minimum Gasteiger partial charge on any atom is -0.383 e. The molecule has 0 saturated heterocycles. The van der Waals surface area contributed by atoms with E-state index in [1.54, 1.807) is 13.3 Å². The number of amides is 1. The van der Waals surface area contributed by atoms with Crippen LogP contribution in [0, 0.1) is 0 Å². The lowest BCUT2D eigenvalue weighted by atomic mass is 10.1. The summed E-state index contributed by atoms with van der Waals surface area (Å²) < 4.78 is 6.96. The summed E-state index contributed by atoms with van der Waals surface area (Å²) in [5, 5.41) is 14.0. The summed E-state index contributed by atoms with van der Waals surface area (Å²) in [4.78, 5) is 15.7. The van der Waals surface area contributed by atoms with Crippen LogP contribution in [0.4, 0.5) is 23.0 Å². The Morgan fingerprint density at radius 2 is 1.84 bits per heavy atom. The van der Waals surface area contributed by atoms with Crippen molar-refractivity contribution >= 4 is 34.4 Å². The highest BCUT2D eigenvalue weighted by Gasteiger charge is 2.09. The van der Waals surface area contributed by atoms with Gasteiger partial charge in [-0.05, 0) is 42.5 Å². The van der Waals surface area contributed by atoms with Crippen LogP contribution in [0.3, 0.4) is 0 Å². The van der Waals surface area contributed by atoms with Gasteiger partial charge in [-0.25, -0.2) is 9.50 Å². The molecule has 4 aromatic rings. The first-order valence-corrected chi connectivity index (χ1v) is 9.95. The molecule has 0 atom stereocenters. The lowest BCUT2D eigenvalue weighted by Crippen LogP contribution is -2.07. The highest BCUT2D eigenvalue weighted by atomic mass is 16.5. The molecule has 0 unspecified atom stereocenters. The summed E-state index contributed by atoms with van der Waals surface area (Å²) >= 11 is 0. The number of fused-ring (bicyclic) bond motifs is 1. The van der Waals surface area contributed by atoms with Gasteiger partial charge in [-0.3, -0.25) is 4.79 Å². The molecule has 0 aliphatic rings. The van der Waals surface area contributed by atoms with Crippen LogP contribution >= 0.6 is 0 Å². The summed E-state index contributed by atoms with van der Waals surface area (Å²) in [5.41, 5.74) is 5.40. The molecule has 2 heterocycles. The number of anilines is 4. The molecular weight excluding hydrogens is 392 g/mol. The van der Waals surface area contributed by atoms with Crippen LogP contribution in [0.2, 0.25) is 0 Å². The summed E-state index contributed by atoms with van der Waals surface area (Å²) in [6.45, 7) is 2.86. The molecule has 0 radical (unpaired) electrons. The molecule has 8 heteroatoms. The van der Waals surface area contributed by atoms with Crippen molar-refractivity contribution in [3.8, 4) is 11.3 Å². The third kappa shape index (κ3) is 4.99. The Labute approximate surface area is 180 Å². The van der Waals surface area contributed by atoms with E-state index in [0.717, 1.165) is 34.7 Å². The van der Waals surface area contributed by atoms with Gasteiger partial charge < -0.3 is 20.7 Å². The second kappa shape index (κ2) is 9.27. The molecule has 0 bridgehead atoms. The van der Waals surface area contributed by atoms with Crippen LogP contribution in [0.15, 0.2) is 66.9 Å². The minimum absolute atomic E-state index is 0.120. The van der Waals surface area contributed by atoms with Gasteiger partial charge in [0.15, 0.2) is 0 Å². The van der Waals surface area contributed by atoms with Gasteiger partial charge in [0.25, 0.3) is 0 Å². The number of carbonyl (C=O) groups excluding carboxylic acids is 1. The summed E-state index contributed by atoms with van der Waals surface area (Å²) in [7, 11) is 1.69. The van der Waals surface area contributed by atoms with Crippen LogP contribution in [-0.4, -0.2) is 40.8 Å². The van der Waals surface area contributed by atoms with Crippen LogP contribution in [-0.2, 0) is 9.53 Å². The first kappa shape index (κ1) is 20.4. The minimum atomic E-state index is -0.120. The molecule has 0 saturated carbocycles. The van der Waals surface area contributed by atoms with E-state index in [-0.39, 0.29) is 5.91 Å². The van der Waals surface area contributed by atoms with E-state index >= 15 is 0 Å². The molecule has 158 valence electrons. The van der Waals surface area contributed by atoms with Crippen molar-refractivity contribution in [3.05, 3.63) is 66.9 Å². The number of nitrogens with zero attached hydrogens (tertiary/aromatic N) is 3. The highest BCUT2D eigenvalue weighted by Crippen LogP contribution is 2.25. The van der Waals surface area contributed by atoms with E-state index < -0.39 is 0 Å². The van der Waals surface area contributed by atoms with Crippen LogP contribution in [0.1, 0.15) is 6.92 Å². The molecule has 0 aliphatic heterocycles. The van der Waals surface area contributed by atoms with E-state index in [0.29, 0.717) is 18.2 Å². The number of nitrogens with one attached hydrogen (secondary N) is 3. The maximum Gasteiger partial charge on any atom is 0.245 e. The number of hydrogen-bond donors (Lipinski definition) is 3. The average molecular weight is 416 g/mol. The van der Waals surface area contributed by atoms with Crippen molar-refractivity contribution in [3.63, 3.8) is 0 Å². The summed E-state index contributed by atoms with van der Waals surface area (Å²) in [5.74, 6) is 0.338. The fraction of sp³-hybridized carbons (Fsp3) is 0.174. The summed E-state index contributed by atoms with van der Waals surface area (Å²) in [6.07, 6.45) is 1.77. The number of carbonyl (C=O) groups is 1. The van der Waals surface area contributed by atoms with Crippen molar-refractivity contribution in [2.45, 2.75) is 6.92 Å². The third-order valence-electron chi connectivity index (χ3n) is 4.63. The van der Waals surface area contributed by atoms with Crippen molar-refractivity contribution in [1.29, 1.82) is 0 Å². The molecular formula is C23H24N6O2. The molecule has 0 fully saturated rings. The van der Waals surface area contributed by atoms with Gasteiger partial charge in [0.05, 0.1) is 24.0 Å². The predicted molar refractivity (Wildman–Crippen MR) is 123 cm³/mol. The first-order chi connectivity index (χ1) is 15.1. The maximum absolute atomic E-state index is 11.3. The van der Waals surface area contributed by atoms with Crippen molar-refractivity contribution < 1.29 is 9.53 Å². The second-order valence-corrected chi connectivity index (χ2v) is 7.02. The lowest BCUT2D eigenvalue weighted by molar-refractivity contribution is -0.114. The molecule has 2 aromatic heterocycles. The van der Waals surface area contributed by atoms with Gasteiger partial charge in [0, 0.05) is 43.2 Å². The quantitative estimate of drug-likeness (QED) is 0.374. The summed E-state index contributed by atoms with van der Waals surface area (Å²) in [6, 6.07) is 19.6. The van der Waals surface area contributed by atoms with Gasteiger partial charge in [-0.15, -0.1) is 5.10 Å². The number of rotatable bonds is 8. The lowest BCUT2D eigenvalue weighted by Gasteiger charge is -2.10. The van der Waals surface area contributed by atoms with Crippen molar-refractivity contribution in [2.75, 3.05) is 36.2 Å². The Hall–Kier alpha value is -3.91. The fourth-order valence-electron chi connectivity index (χ4n) is 3.27. The Morgan fingerprint density at radius 1 is 1.03 bits per heavy atom. The normalized spacial score (nSPS) is 10.8. The van der Waals surface area contributed by atoms with Gasteiger partial charge in [-0.2, -0.15) is 0 Å². The van der Waals surface area contributed by atoms with Gasteiger partial charge in [0.2, 0.25) is 11.9 Å². The number of methoxy groups -OCH3 is 1. The molecule has 1 amide bonds. The molecule has 4 rings (SSSR count). The fourth-order valence-corrected chi connectivity index (χ4v) is 3.27. The SMILES string of the molecule is COCCNc1cccc(-c2ccc3cnc(Nc4cccc(NC(C)=O)c4)nn23)c1. The average Bonchev–Trinajstić information content (AvgIpc) is 3.17. The monoisotopic (exact) mass is 416 g/mol. The van der Waals surface area contributed by atoms with Gasteiger partial charge >= 0.3 is 0 Å². The smallest absolute Gasteiger partial charge is 0.245 e. The third-order valence-corrected chi connectivity index (χ3v) is 4.63. The topological polar surface area (TPSA) is 92.6 Å². The van der Waals surface area contributed by atoms with E-state index in [1.807, 2.05) is 53.0 Å². The Balaban J connectivity index is 1.60. The zero-order valence-corrected chi connectivity index (χ0v) is 17.4. The van der Waals surface area contributed by atoms with Crippen LogP contribution in [0.25, 0.3) is 16.8 Å². The Kier molecular flexibility index (Phi) is 6.09. The number of ether oxygens (including phenoxy) is 1. The molecule has 0 aliphatic carbocycles. The molecule has 2 aromatic carbocycles. The van der Waals surface area contributed by atoms with Gasteiger partial charge in [0.1, 0.15) is 0 Å². The largest absolute Gasteiger partial charge is 0.383 e. The number of aromatic nitrogens is 3. The zero-order valence-electron chi connectivity index (χ0n) is 17.4. The first-order valence-electron chi connectivity index (χ1n) is 9.95. The second-order valence-electron chi connectivity index (χ2n) is 7.02. The van der Waals surface area contributed by atoms with Crippen LogP contribution < -0.4 is 16.0 Å². The number of benzene rings is 2. The van der Waals surface area contributed by atoms with E-state index in [1.165, 1.54) is 6.92 Å². The zero-order chi connectivity index (χ0) is 21.6. The molecule has 8 nitrogen and oxygen atoms in total. The number of hydrogen-bond acceptors (Lipinski definition) is 6. The Bertz CT molecular complexity index is 1200. The molecule has 0 spiro atoms. The van der Waals surface area contributed by atoms with Crippen molar-refractivity contribution in [1.82, 2.24) is 14.6 Å². The van der Waals surface area contributed by atoms with E-state index in [9.17, 15) is 4.79 Å². The van der Waals surface area contributed by atoms with Crippen LogP contribution in [0.5, 0.6) is 0 Å². The Morgan fingerprint density at radius 3 is 2.68 bits per heavy atom. The highest BCUT2D eigenvalue weighted by molar-refractivity contribution is 5.89. The van der Waals surface area contributed by atoms with Gasteiger partial charge in [-0.1, -0.05) is 18.2 Å². The predicted octanol–water partition coefficient (Wildman–Crippen LogP) is 4.16.